The highest BCUT2D eigenvalue weighted by Crippen LogP contribution is 2.10. The summed E-state index contributed by atoms with van der Waals surface area (Å²) < 4.78 is 2.04. The van der Waals surface area contributed by atoms with Gasteiger partial charge in [-0.1, -0.05) is 12.7 Å². The van der Waals surface area contributed by atoms with Gasteiger partial charge in [-0.15, -0.1) is 0 Å². The fourth-order valence-corrected chi connectivity index (χ4v) is 1.15. The molecule has 1 N–H and O–H groups in total. The second-order valence-corrected chi connectivity index (χ2v) is 3.08. The Kier molecular flexibility index (Phi) is 2.96. The molecule has 0 saturated heterocycles. The zero-order chi connectivity index (χ0) is 9.84. The van der Waals surface area contributed by atoms with E-state index in [0.29, 0.717) is 0 Å². The summed E-state index contributed by atoms with van der Waals surface area (Å²) in [6.45, 7) is 8.00. The number of rotatable bonds is 3. The molecule has 70 valence electrons. The van der Waals surface area contributed by atoms with E-state index in [1.165, 1.54) is 0 Å². The summed E-state index contributed by atoms with van der Waals surface area (Å²) in [6, 6.07) is 4.05. The molecule has 0 bridgehead atoms. The normalized spacial score (nSPS) is 11.5. The smallest absolute Gasteiger partial charge is 0.0637 e. The molecule has 0 aromatic carbocycles. The first-order chi connectivity index (χ1) is 6.15. The number of aromatic nitrogens is 1. The van der Waals surface area contributed by atoms with E-state index < -0.39 is 0 Å². The highest BCUT2D eigenvalue weighted by molar-refractivity contribution is 5.60. The summed E-state index contributed by atoms with van der Waals surface area (Å²) in [5.74, 6) is 0. The van der Waals surface area contributed by atoms with Crippen molar-refractivity contribution in [1.29, 1.82) is 0 Å². The van der Waals surface area contributed by atoms with Crippen molar-refractivity contribution in [2.75, 3.05) is 0 Å². The summed E-state index contributed by atoms with van der Waals surface area (Å²) >= 11 is 0. The Hall–Kier alpha value is -1.44. The highest BCUT2D eigenvalue weighted by atomic mass is 15.0. The molecule has 0 atom stereocenters. The van der Waals surface area contributed by atoms with Crippen molar-refractivity contribution >= 4 is 5.70 Å². The zero-order valence-electron chi connectivity index (χ0n) is 8.46. The minimum Gasteiger partial charge on any atom is -0.358 e. The van der Waals surface area contributed by atoms with Crippen LogP contribution in [-0.2, 0) is 7.05 Å². The van der Waals surface area contributed by atoms with Crippen molar-refractivity contribution in [3.63, 3.8) is 0 Å². The van der Waals surface area contributed by atoms with Crippen LogP contribution in [0, 0.1) is 0 Å². The van der Waals surface area contributed by atoms with Crippen molar-refractivity contribution < 1.29 is 0 Å². The molecule has 1 aromatic heterocycles. The highest BCUT2D eigenvalue weighted by Gasteiger charge is 2.00. The summed E-state index contributed by atoms with van der Waals surface area (Å²) in [6.07, 6.45) is 4.03. The van der Waals surface area contributed by atoms with E-state index >= 15 is 0 Å². The van der Waals surface area contributed by atoms with Gasteiger partial charge in [-0.2, -0.15) is 0 Å². The topological polar surface area (TPSA) is 17.0 Å². The van der Waals surface area contributed by atoms with E-state index in [1.54, 1.807) is 0 Å². The predicted octanol–water partition coefficient (Wildman–Crippen LogP) is 2.51. The average Bonchev–Trinajstić information content (AvgIpc) is 2.51. The third kappa shape index (κ3) is 2.25. The quantitative estimate of drug-likeness (QED) is 0.748. The van der Waals surface area contributed by atoms with Gasteiger partial charge in [-0.05, 0) is 26.0 Å². The molecule has 0 saturated carbocycles. The molecule has 0 aliphatic carbocycles. The van der Waals surface area contributed by atoms with Gasteiger partial charge in [0.1, 0.15) is 0 Å². The number of nitrogens with zero attached hydrogens (tertiary/aromatic N) is 1. The Balaban J connectivity index is 2.75. The van der Waals surface area contributed by atoms with Crippen LogP contribution >= 0.6 is 0 Å². The van der Waals surface area contributed by atoms with Crippen molar-refractivity contribution in [3.05, 3.63) is 42.4 Å². The van der Waals surface area contributed by atoms with Crippen molar-refractivity contribution in [2.24, 2.45) is 7.05 Å². The molecular formula is C11H16N2. The molecule has 1 rings (SSSR count). The Morgan fingerprint density at radius 3 is 2.77 bits per heavy atom. The lowest BCUT2D eigenvalue weighted by molar-refractivity contribution is 0.892. The zero-order valence-corrected chi connectivity index (χ0v) is 8.46. The second kappa shape index (κ2) is 3.99. The van der Waals surface area contributed by atoms with Crippen molar-refractivity contribution in [2.45, 2.75) is 13.8 Å². The van der Waals surface area contributed by atoms with E-state index in [0.717, 1.165) is 17.1 Å². The average molecular weight is 176 g/mol. The largest absolute Gasteiger partial charge is 0.358 e. The molecule has 0 aliphatic heterocycles. The van der Waals surface area contributed by atoms with Crippen molar-refractivity contribution in [1.82, 2.24) is 9.88 Å². The predicted molar refractivity (Wildman–Crippen MR) is 57.0 cm³/mol. The maximum absolute atomic E-state index is 3.97. The van der Waals surface area contributed by atoms with Gasteiger partial charge < -0.3 is 9.88 Å². The molecule has 0 fully saturated rings. The summed E-state index contributed by atoms with van der Waals surface area (Å²) in [4.78, 5) is 0. The number of nitrogens with one attached hydrogen (secondary N) is 1. The van der Waals surface area contributed by atoms with Crippen molar-refractivity contribution in [3.8, 4) is 0 Å². The molecule has 0 radical (unpaired) electrons. The SMILES string of the molecule is C=C(N/C(C)=C/C)c1cccn1C. The second-order valence-electron chi connectivity index (χ2n) is 3.08. The molecule has 0 aliphatic rings. The van der Waals surface area contributed by atoms with Gasteiger partial charge >= 0.3 is 0 Å². The molecule has 13 heavy (non-hydrogen) atoms. The molecular weight excluding hydrogens is 160 g/mol. The first-order valence-electron chi connectivity index (χ1n) is 4.35. The molecule has 2 heteroatoms. The van der Waals surface area contributed by atoms with E-state index in [9.17, 15) is 0 Å². The Bertz CT molecular complexity index is 332. The first-order valence-corrected chi connectivity index (χ1v) is 4.35. The van der Waals surface area contributed by atoms with Crippen LogP contribution in [0.15, 0.2) is 36.7 Å². The van der Waals surface area contributed by atoms with Crippen LogP contribution < -0.4 is 5.32 Å². The lowest BCUT2D eigenvalue weighted by atomic mass is 10.3. The van der Waals surface area contributed by atoms with Gasteiger partial charge in [0.2, 0.25) is 0 Å². The number of hydrogen-bond donors (Lipinski definition) is 1. The van der Waals surface area contributed by atoms with E-state index in [-0.39, 0.29) is 0 Å². The lowest BCUT2D eigenvalue weighted by Crippen LogP contribution is -2.10. The molecule has 2 nitrogen and oxygen atoms in total. The monoisotopic (exact) mass is 176 g/mol. The maximum Gasteiger partial charge on any atom is 0.0637 e. The molecule has 0 amide bonds. The Labute approximate surface area is 79.6 Å². The van der Waals surface area contributed by atoms with Gasteiger partial charge in [-0.25, -0.2) is 0 Å². The van der Waals surface area contributed by atoms with Crippen LogP contribution in [0.1, 0.15) is 19.5 Å². The van der Waals surface area contributed by atoms with E-state index in [2.05, 4.69) is 11.9 Å². The van der Waals surface area contributed by atoms with Gasteiger partial charge in [0, 0.05) is 18.9 Å². The third-order valence-corrected chi connectivity index (χ3v) is 2.03. The van der Waals surface area contributed by atoms with Gasteiger partial charge in [-0.3, -0.25) is 0 Å². The molecule has 1 heterocycles. The van der Waals surface area contributed by atoms with Gasteiger partial charge in [0.25, 0.3) is 0 Å². The summed E-state index contributed by atoms with van der Waals surface area (Å²) in [5.41, 5.74) is 3.16. The van der Waals surface area contributed by atoms with Crippen LogP contribution in [0.3, 0.4) is 0 Å². The van der Waals surface area contributed by atoms with Crippen LogP contribution in [0.5, 0.6) is 0 Å². The third-order valence-electron chi connectivity index (χ3n) is 2.03. The maximum atomic E-state index is 3.97. The summed E-state index contributed by atoms with van der Waals surface area (Å²) in [5, 5.41) is 3.22. The van der Waals surface area contributed by atoms with Crippen LogP contribution in [0.4, 0.5) is 0 Å². The van der Waals surface area contributed by atoms with E-state index in [4.69, 9.17) is 0 Å². The minimum absolute atomic E-state index is 0.933. The number of aryl methyl sites for hydroxylation is 1. The van der Waals surface area contributed by atoms with Gasteiger partial charge in [0.05, 0.1) is 11.4 Å². The van der Waals surface area contributed by atoms with Crippen LogP contribution in [-0.4, -0.2) is 4.57 Å². The first kappa shape index (κ1) is 9.65. The lowest BCUT2D eigenvalue weighted by Gasteiger charge is -2.10. The molecule has 0 unspecified atom stereocenters. The molecule has 1 aromatic rings. The standard InChI is InChI=1S/C11H16N2/c1-5-9(2)12-10(3)11-7-6-8-13(11)4/h5-8,12H,3H2,1-2,4H3/b9-5+. The Morgan fingerprint density at radius 2 is 2.31 bits per heavy atom. The minimum atomic E-state index is 0.933. The Morgan fingerprint density at radius 1 is 1.62 bits per heavy atom. The van der Waals surface area contributed by atoms with Gasteiger partial charge in [0.15, 0.2) is 0 Å². The summed E-state index contributed by atoms with van der Waals surface area (Å²) in [7, 11) is 2.01. The van der Waals surface area contributed by atoms with E-state index in [1.807, 2.05) is 49.9 Å². The fraction of sp³-hybridized carbons (Fsp3) is 0.273. The fourth-order valence-electron chi connectivity index (χ4n) is 1.15. The van der Waals surface area contributed by atoms with Crippen LogP contribution in [0.25, 0.3) is 5.70 Å². The number of hydrogen-bond acceptors (Lipinski definition) is 1. The molecule has 0 spiro atoms. The van der Waals surface area contributed by atoms with Crippen LogP contribution in [0.2, 0.25) is 0 Å². The number of allylic oxidation sites excluding steroid dienone is 2.